The van der Waals surface area contributed by atoms with Crippen LogP contribution in [0, 0.1) is 0 Å². The van der Waals surface area contributed by atoms with Crippen molar-refractivity contribution < 1.29 is 16.0 Å². The number of nitrogens with two attached hydrogens (primary N) is 1. The molecule has 0 atom stereocenters. The van der Waals surface area contributed by atoms with Gasteiger partial charge in [0.1, 0.15) is 4.32 Å². The van der Waals surface area contributed by atoms with E-state index in [0.717, 1.165) is 0 Å². The molecular formula is C14H16NS2Zn. The van der Waals surface area contributed by atoms with Crippen molar-refractivity contribution in [2.45, 2.75) is 5.52 Å². The van der Waals surface area contributed by atoms with Crippen molar-refractivity contribution >= 4 is 37.5 Å². The Morgan fingerprint density at radius 2 is 1.22 bits per heavy atom. The van der Waals surface area contributed by atoms with Crippen LogP contribution in [0.5, 0.6) is 0 Å². The Labute approximate surface area is 125 Å². The Morgan fingerprint density at radius 3 is 1.50 bits per heavy atom. The van der Waals surface area contributed by atoms with Gasteiger partial charge in [0.2, 0.25) is 0 Å². The second kappa shape index (κ2) is 8.41. The van der Waals surface area contributed by atoms with Gasteiger partial charge in [0, 0.05) is 0 Å². The van der Waals surface area contributed by atoms with E-state index in [1.807, 2.05) is 0 Å². The average Bonchev–Trinajstić information content (AvgIpc) is 2.39. The van der Waals surface area contributed by atoms with Gasteiger partial charge in [-0.3, -0.25) is 0 Å². The minimum absolute atomic E-state index is 0.194. The number of hydrogen-bond donors (Lipinski definition) is 2. The van der Waals surface area contributed by atoms with Crippen LogP contribution in [-0.4, -0.2) is 4.32 Å². The van der Waals surface area contributed by atoms with E-state index in [1.165, 1.54) is 0 Å². The molecule has 0 radical (unpaired) electrons. The quantitative estimate of drug-likeness (QED) is 0.503. The van der Waals surface area contributed by atoms with E-state index in [1.54, 1.807) is 8.32 Å². The first-order valence-corrected chi connectivity index (χ1v) is 12.7. The van der Waals surface area contributed by atoms with Gasteiger partial charge in [-0.05, 0) is 0 Å². The van der Waals surface area contributed by atoms with Gasteiger partial charge in [-0.2, -0.15) is 0 Å². The molecule has 2 aromatic carbocycles. The normalized spacial score (nSPS) is 9.00. The van der Waals surface area contributed by atoms with Crippen molar-refractivity contribution in [1.82, 2.24) is 0 Å². The van der Waals surface area contributed by atoms with Crippen molar-refractivity contribution in [3.8, 4) is 0 Å². The van der Waals surface area contributed by atoms with E-state index in [-0.39, 0.29) is 4.32 Å². The predicted octanol–water partition coefficient (Wildman–Crippen LogP) is 2.46. The molecule has 2 N–H and O–H groups in total. The molecule has 0 fully saturated rings. The summed E-state index contributed by atoms with van der Waals surface area (Å²) >= 11 is 6.03. The number of thiocarbonyl (C=S) groups is 1. The van der Waals surface area contributed by atoms with Crippen LogP contribution in [0.25, 0.3) is 0 Å². The van der Waals surface area contributed by atoms with Crippen LogP contribution in [0.1, 0.15) is 0 Å². The Kier molecular flexibility index (Phi) is 7.18. The molecule has 0 aliphatic rings. The van der Waals surface area contributed by atoms with E-state index < -0.39 is 16.0 Å². The first-order valence-electron chi connectivity index (χ1n) is 5.95. The fourth-order valence-electron chi connectivity index (χ4n) is 1.90. The Hall–Kier alpha value is -0.697. The Bertz CT molecular complexity index is 430. The van der Waals surface area contributed by atoms with E-state index in [4.69, 9.17) is 5.73 Å². The molecule has 0 heterocycles. The van der Waals surface area contributed by atoms with Crippen LogP contribution < -0.4 is 14.0 Å². The van der Waals surface area contributed by atoms with E-state index in [2.05, 4.69) is 91.0 Å². The molecule has 18 heavy (non-hydrogen) atoms. The molecule has 0 amide bonds. The first kappa shape index (κ1) is 15.4. The molecule has 0 aliphatic heterocycles. The fraction of sp³-hybridized carbons (Fsp3) is 0.0714. The molecule has 0 bridgehead atoms. The van der Waals surface area contributed by atoms with Crippen molar-refractivity contribution in [2.24, 2.45) is 5.73 Å². The predicted molar refractivity (Wildman–Crippen MR) is 83.8 cm³/mol. The third kappa shape index (κ3) is 5.77. The summed E-state index contributed by atoms with van der Waals surface area (Å²) in [5.74, 6) is 0. The molecule has 0 unspecified atom stereocenters. The van der Waals surface area contributed by atoms with Crippen molar-refractivity contribution in [1.29, 1.82) is 0 Å². The van der Waals surface area contributed by atoms with Gasteiger partial charge in [-0.1, -0.05) is 12.2 Å². The summed E-state index contributed by atoms with van der Waals surface area (Å²) in [7, 11) is 0. The topological polar surface area (TPSA) is 26.0 Å². The summed E-state index contributed by atoms with van der Waals surface area (Å²) in [5.41, 5.74) is 7.16. The second-order valence-corrected chi connectivity index (χ2v) is 12.6. The number of hydrogen-bond acceptors (Lipinski definition) is 1. The zero-order valence-electron chi connectivity index (χ0n) is 10.4. The summed E-state index contributed by atoms with van der Waals surface area (Å²) in [6.45, 7) is 0. The minimum atomic E-state index is -1.62. The van der Waals surface area contributed by atoms with Gasteiger partial charge in [0.15, 0.2) is 0 Å². The molecule has 1 nitrogen and oxygen atoms in total. The molecule has 2 aromatic rings. The molecule has 0 saturated carbocycles. The molecule has 91 valence electrons. The van der Waals surface area contributed by atoms with Crippen molar-refractivity contribution in [3.05, 3.63) is 60.7 Å². The van der Waals surface area contributed by atoms with Gasteiger partial charge in [-0.15, -0.1) is 12.6 Å². The van der Waals surface area contributed by atoms with Gasteiger partial charge >= 0.3 is 90.4 Å². The summed E-state index contributed by atoms with van der Waals surface area (Å²) < 4.78 is 3.36. The molecule has 0 aromatic heterocycles. The number of benzene rings is 2. The van der Waals surface area contributed by atoms with E-state index >= 15 is 0 Å². The second-order valence-electron chi connectivity index (χ2n) is 4.19. The van der Waals surface area contributed by atoms with Crippen molar-refractivity contribution in [3.63, 3.8) is 0 Å². The molecule has 4 heteroatoms. The monoisotopic (exact) mass is 326 g/mol. The van der Waals surface area contributed by atoms with Crippen LogP contribution in [0.2, 0.25) is 5.52 Å². The zero-order valence-corrected chi connectivity index (χ0v) is 15.1. The van der Waals surface area contributed by atoms with Crippen LogP contribution in [0.15, 0.2) is 60.7 Å². The van der Waals surface area contributed by atoms with Crippen molar-refractivity contribution in [2.75, 3.05) is 0 Å². The summed E-state index contributed by atoms with van der Waals surface area (Å²) in [4.78, 5) is 0. The van der Waals surface area contributed by atoms with Crippen LogP contribution in [-0.2, 0) is 16.0 Å². The molecule has 0 spiro atoms. The van der Waals surface area contributed by atoms with Crippen LogP contribution in [0.4, 0.5) is 0 Å². The summed E-state index contributed by atoms with van der Waals surface area (Å²) in [6, 6.07) is 21.8. The first-order chi connectivity index (χ1) is 8.61. The van der Waals surface area contributed by atoms with E-state index in [9.17, 15) is 0 Å². The van der Waals surface area contributed by atoms with Crippen LogP contribution in [0.3, 0.4) is 0 Å². The Balaban J connectivity index is 0.000000357. The van der Waals surface area contributed by atoms with Gasteiger partial charge in [0.05, 0.1) is 0 Å². The summed E-state index contributed by atoms with van der Waals surface area (Å²) in [5, 5.41) is 0. The van der Waals surface area contributed by atoms with Gasteiger partial charge in [-0.25, -0.2) is 0 Å². The molecule has 0 saturated heterocycles. The third-order valence-corrected chi connectivity index (χ3v) is 10.0. The maximum atomic E-state index is 4.71. The summed E-state index contributed by atoms with van der Waals surface area (Å²) in [6.07, 6.45) is 0. The van der Waals surface area contributed by atoms with Gasteiger partial charge < -0.3 is 5.73 Å². The number of thiol groups is 1. The maximum absolute atomic E-state index is 4.71. The SMILES string of the molecule is NC(=S)S.[CH3][Zn]([c]1ccccc1)[c]1ccccc1. The fourth-order valence-corrected chi connectivity index (χ4v) is 7.00. The number of rotatable bonds is 2. The molecular weight excluding hydrogens is 312 g/mol. The molecule has 0 aliphatic carbocycles. The average molecular weight is 328 g/mol. The molecule has 2 rings (SSSR count). The van der Waals surface area contributed by atoms with Gasteiger partial charge in [0.25, 0.3) is 0 Å². The zero-order chi connectivity index (χ0) is 13.4. The van der Waals surface area contributed by atoms with E-state index in [0.29, 0.717) is 0 Å². The van der Waals surface area contributed by atoms with Crippen LogP contribution >= 0.6 is 24.8 Å². The third-order valence-electron chi connectivity index (χ3n) is 2.91. The standard InChI is InChI=1S/2C6H5.CH3NS2.CH3.Zn/c2*1-2-4-6-5-3-1;2-1(3)4;;/h2*1-5H;(H3,2,3,4);1H3;. The Morgan fingerprint density at radius 1 is 0.944 bits per heavy atom.